The Kier molecular flexibility index (Phi) is 11.5. The molecule has 6 heteroatoms. The first-order valence-corrected chi connectivity index (χ1v) is 4.20. The molecule has 0 N–H and O–H groups in total. The molecule has 0 aliphatic carbocycles. The molecule has 0 saturated heterocycles. The van der Waals surface area contributed by atoms with Gasteiger partial charge in [0.1, 0.15) is 0 Å². The van der Waals surface area contributed by atoms with Gasteiger partial charge in [-0.05, 0) is 25.5 Å². The summed E-state index contributed by atoms with van der Waals surface area (Å²) in [6.45, 7) is 3.94. The minimum atomic E-state index is 0. The number of hydrogen-bond acceptors (Lipinski definition) is 2. The summed E-state index contributed by atoms with van der Waals surface area (Å²) in [4.78, 5) is 5.26. The number of anilines is 1. The number of nitrogens with zero attached hydrogens (tertiary/aromatic N) is 3. The van der Waals surface area contributed by atoms with Gasteiger partial charge in [0.2, 0.25) is 5.39 Å². The average molecular weight is 313 g/mol. The molecule has 0 amide bonds. The van der Waals surface area contributed by atoms with Crippen LogP contribution in [-0.4, -0.2) is 14.1 Å². The second-order valence-corrected chi connectivity index (χ2v) is 3.42. The molecule has 16 heavy (non-hydrogen) atoms. The van der Waals surface area contributed by atoms with E-state index in [1.807, 2.05) is 45.0 Å². The van der Waals surface area contributed by atoms with Crippen LogP contribution in [0.1, 0.15) is 11.1 Å². The first kappa shape index (κ1) is 21.0. The number of rotatable bonds is 1. The first-order valence-electron chi connectivity index (χ1n) is 4.20. The fraction of sp³-hybridized carbons (Fsp3) is 0.400. The van der Waals surface area contributed by atoms with Crippen molar-refractivity contribution in [1.29, 1.82) is 5.39 Å². The van der Waals surface area contributed by atoms with Gasteiger partial charge in [0.25, 0.3) is 0 Å². The predicted octanol–water partition coefficient (Wildman–Crippen LogP) is -3.14. The molecule has 0 heterocycles. The second-order valence-electron chi connectivity index (χ2n) is 3.42. The van der Waals surface area contributed by atoms with Gasteiger partial charge in [0.05, 0.1) is 0 Å². The van der Waals surface area contributed by atoms with E-state index in [4.69, 9.17) is 5.39 Å². The SMILES string of the molecule is Cc1cc(N(C)C)c(C)cc1[N+]#N.[Cl-].[Cl-].[Zn]. The zero-order valence-corrected chi connectivity index (χ0v) is 14.4. The smallest absolute Gasteiger partial charge is 0.388 e. The van der Waals surface area contributed by atoms with Crippen LogP contribution < -0.4 is 29.7 Å². The summed E-state index contributed by atoms with van der Waals surface area (Å²) < 4.78 is 0. The Labute approximate surface area is 122 Å². The van der Waals surface area contributed by atoms with Crippen LogP contribution in [0.4, 0.5) is 11.4 Å². The van der Waals surface area contributed by atoms with E-state index >= 15 is 0 Å². The number of benzene rings is 1. The van der Waals surface area contributed by atoms with Gasteiger partial charge in [0, 0.05) is 50.9 Å². The van der Waals surface area contributed by atoms with Crippen LogP contribution in [0.3, 0.4) is 0 Å². The summed E-state index contributed by atoms with van der Waals surface area (Å²) in [6, 6.07) is 3.90. The Morgan fingerprint density at radius 3 is 1.94 bits per heavy atom. The van der Waals surface area contributed by atoms with Gasteiger partial charge < -0.3 is 29.7 Å². The quantitative estimate of drug-likeness (QED) is 0.405. The third-order valence-corrected chi connectivity index (χ3v) is 2.10. The number of halogens is 2. The van der Waals surface area contributed by atoms with Crippen molar-refractivity contribution >= 4 is 11.4 Å². The Hall–Kier alpha value is -0.357. The maximum Gasteiger partial charge on any atom is 0.388 e. The molecule has 0 atom stereocenters. The number of aryl methyl sites for hydroxylation is 2. The topological polar surface area (TPSA) is 31.4 Å². The number of diazo groups is 1. The molecule has 1 rings (SSSR count). The van der Waals surface area contributed by atoms with Crippen molar-refractivity contribution in [2.45, 2.75) is 13.8 Å². The van der Waals surface area contributed by atoms with E-state index in [1.165, 1.54) is 0 Å². The summed E-state index contributed by atoms with van der Waals surface area (Å²) in [7, 11) is 4.00. The van der Waals surface area contributed by atoms with Crippen LogP contribution in [-0.2, 0) is 19.5 Å². The van der Waals surface area contributed by atoms with E-state index < -0.39 is 0 Å². The largest absolute Gasteiger partial charge is 1.00 e. The molecule has 0 bridgehead atoms. The van der Waals surface area contributed by atoms with E-state index in [1.54, 1.807) is 0 Å². The van der Waals surface area contributed by atoms with E-state index in [2.05, 4.69) is 4.98 Å². The Morgan fingerprint density at radius 2 is 1.56 bits per heavy atom. The monoisotopic (exact) mass is 310 g/mol. The average Bonchev–Trinajstić information content (AvgIpc) is 2.07. The molecule has 0 aliphatic rings. The van der Waals surface area contributed by atoms with Gasteiger partial charge in [0.15, 0.2) is 4.98 Å². The molecule has 0 aliphatic heterocycles. The second kappa shape index (κ2) is 8.76. The predicted molar refractivity (Wildman–Crippen MR) is 55.0 cm³/mol. The molecule has 86 valence electrons. The zero-order chi connectivity index (χ0) is 10.0. The van der Waals surface area contributed by atoms with Crippen molar-refractivity contribution in [2.75, 3.05) is 19.0 Å². The van der Waals surface area contributed by atoms with Crippen LogP contribution in [0.5, 0.6) is 0 Å². The Bertz CT molecular complexity index is 375. The van der Waals surface area contributed by atoms with E-state index in [0.717, 1.165) is 16.8 Å². The molecule has 0 saturated carbocycles. The van der Waals surface area contributed by atoms with Gasteiger partial charge >= 0.3 is 5.69 Å². The third-order valence-electron chi connectivity index (χ3n) is 2.10. The van der Waals surface area contributed by atoms with Crippen molar-refractivity contribution in [2.24, 2.45) is 0 Å². The fourth-order valence-electron chi connectivity index (χ4n) is 1.38. The summed E-state index contributed by atoms with van der Waals surface area (Å²) in [5.41, 5.74) is 3.90. The normalized spacial score (nSPS) is 7.69. The minimum absolute atomic E-state index is 0. The van der Waals surface area contributed by atoms with Crippen molar-refractivity contribution in [3.63, 3.8) is 0 Å². The molecule has 3 nitrogen and oxygen atoms in total. The molecular formula is C10H14Cl2N3Zn-. The summed E-state index contributed by atoms with van der Waals surface area (Å²) in [5.74, 6) is 0. The Balaban J connectivity index is -0.000000563. The maximum atomic E-state index is 8.68. The van der Waals surface area contributed by atoms with Crippen LogP contribution in [0, 0.1) is 19.2 Å². The first-order chi connectivity index (χ1) is 6.06. The van der Waals surface area contributed by atoms with Crippen LogP contribution in [0.15, 0.2) is 12.1 Å². The van der Waals surface area contributed by atoms with Crippen LogP contribution >= 0.6 is 0 Å². The van der Waals surface area contributed by atoms with Gasteiger partial charge in [-0.1, -0.05) is 0 Å². The van der Waals surface area contributed by atoms with Gasteiger partial charge in [-0.25, -0.2) is 0 Å². The summed E-state index contributed by atoms with van der Waals surface area (Å²) in [5, 5.41) is 8.68. The third kappa shape index (κ3) is 4.66. The van der Waals surface area contributed by atoms with Crippen LogP contribution in [0.2, 0.25) is 0 Å². The van der Waals surface area contributed by atoms with Crippen LogP contribution in [0.25, 0.3) is 4.98 Å². The van der Waals surface area contributed by atoms with Gasteiger partial charge in [-0.15, -0.1) is 0 Å². The zero-order valence-electron chi connectivity index (χ0n) is 9.96. The summed E-state index contributed by atoms with van der Waals surface area (Å²) >= 11 is 0. The molecule has 0 fully saturated rings. The molecule has 0 spiro atoms. The van der Waals surface area contributed by atoms with E-state index in [-0.39, 0.29) is 44.3 Å². The van der Waals surface area contributed by atoms with E-state index in [9.17, 15) is 0 Å². The molecule has 1 aromatic carbocycles. The van der Waals surface area contributed by atoms with Crippen molar-refractivity contribution in [1.82, 2.24) is 0 Å². The number of hydrogen-bond donors (Lipinski definition) is 0. The van der Waals surface area contributed by atoms with Crippen molar-refractivity contribution in [3.05, 3.63) is 28.2 Å². The van der Waals surface area contributed by atoms with E-state index in [0.29, 0.717) is 5.69 Å². The standard InChI is InChI=1S/C10H14N3.2ClH.Zn/c1-7-6-10(13(3)4)8(2)5-9(7)12-11;;;/h5-6H,1-4H3;2*1H;/q+1;;;/p-2. The minimum Gasteiger partial charge on any atom is -1.00 e. The summed E-state index contributed by atoms with van der Waals surface area (Å²) in [6.07, 6.45) is 0. The van der Waals surface area contributed by atoms with Crippen molar-refractivity contribution in [3.8, 4) is 0 Å². The molecule has 1 aromatic rings. The maximum absolute atomic E-state index is 8.68. The molecule has 0 radical (unpaired) electrons. The molecule has 0 aromatic heterocycles. The fourth-order valence-corrected chi connectivity index (χ4v) is 1.38. The molecule has 0 unspecified atom stereocenters. The molecular weight excluding hydrogens is 298 g/mol. The van der Waals surface area contributed by atoms with Gasteiger partial charge in [-0.2, -0.15) is 0 Å². The Morgan fingerprint density at radius 1 is 1.06 bits per heavy atom. The van der Waals surface area contributed by atoms with Gasteiger partial charge in [-0.3, -0.25) is 0 Å². The van der Waals surface area contributed by atoms with Crippen molar-refractivity contribution < 1.29 is 44.3 Å².